The topological polar surface area (TPSA) is 128 Å². The normalized spacial score (nSPS) is 15.1. The summed E-state index contributed by atoms with van der Waals surface area (Å²) in [5.41, 5.74) is 6.19. The van der Waals surface area contributed by atoms with Gasteiger partial charge in [0.1, 0.15) is 24.0 Å². The number of ether oxygens (including phenoxy) is 2. The standard InChI is InChI=1S/C27H43N3O6/c1-17(2)14-21(15-31)30(26(34)36-27(6,7)8)25(33)23(18(3)4)29-24(32)22(28)19(5)35-16-20-12-10-9-11-13-20/h9-13,15,17-19,21-23H,14,16,28H2,1-8H3,(H,29,32)/t19-,21+,22+,23+/m1/s1. The van der Waals surface area contributed by atoms with Crippen LogP contribution < -0.4 is 11.1 Å². The number of nitrogens with one attached hydrogen (secondary N) is 1. The molecule has 0 saturated carbocycles. The van der Waals surface area contributed by atoms with Gasteiger partial charge in [-0.25, -0.2) is 9.69 Å². The number of rotatable bonds is 12. The Morgan fingerprint density at radius 1 is 1.06 bits per heavy atom. The van der Waals surface area contributed by atoms with E-state index >= 15 is 0 Å². The summed E-state index contributed by atoms with van der Waals surface area (Å²) in [7, 11) is 0. The zero-order chi connectivity index (χ0) is 27.6. The van der Waals surface area contributed by atoms with Crippen LogP contribution in [-0.4, -0.2) is 58.9 Å². The summed E-state index contributed by atoms with van der Waals surface area (Å²) in [6, 6.07) is 6.27. The lowest BCUT2D eigenvalue weighted by Crippen LogP contribution is -2.60. The fraction of sp³-hybridized carbons (Fsp3) is 0.630. The Bertz CT molecular complexity index is 866. The number of hydrogen-bond acceptors (Lipinski definition) is 7. The SMILES string of the molecule is CC(C)C[C@@H](C=O)N(C(=O)OC(C)(C)C)C(=O)[C@@H](NC(=O)[C@@H](N)[C@@H](C)OCc1ccccc1)C(C)C. The van der Waals surface area contributed by atoms with E-state index in [1.54, 1.807) is 41.5 Å². The summed E-state index contributed by atoms with van der Waals surface area (Å²) in [6.07, 6.45) is -0.753. The minimum atomic E-state index is -1.10. The molecule has 9 nitrogen and oxygen atoms in total. The van der Waals surface area contributed by atoms with Crippen LogP contribution in [0, 0.1) is 11.8 Å². The maximum Gasteiger partial charge on any atom is 0.417 e. The summed E-state index contributed by atoms with van der Waals surface area (Å²) < 4.78 is 11.2. The maximum atomic E-state index is 13.6. The first-order chi connectivity index (χ1) is 16.7. The number of carbonyl (C=O) groups is 4. The number of imide groups is 1. The van der Waals surface area contributed by atoms with E-state index in [9.17, 15) is 19.2 Å². The third kappa shape index (κ3) is 10.1. The van der Waals surface area contributed by atoms with Gasteiger partial charge in [-0.1, -0.05) is 58.0 Å². The molecule has 0 bridgehead atoms. The molecule has 36 heavy (non-hydrogen) atoms. The monoisotopic (exact) mass is 505 g/mol. The van der Waals surface area contributed by atoms with Gasteiger partial charge in [-0.3, -0.25) is 9.59 Å². The fourth-order valence-electron chi connectivity index (χ4n) is 3.44. The predicted molar refractivity (Wildman–Crippen MR) is 138 cm³/mol. The van der Waals surface area contributed by atoms with E-state index in [1.165, 1.54) is 0 Å². The van der Waals surface area contributed by atoms with Gasteiger partial charge in [0, 0.05) is 0 Å². The van der Waals surface area contributed by atoms with Gasteiger partial charge in [0.15, 0.2) is 0 Å². The van der Waals surface area contributed by atoms with E-state index in [2.05, 4.69) is 5.32 Å². The molecule has 1 aromatic carbocycles. The van der Waals surface area contributed by atoms with Gasteiger partial charge in [-0.2, -0.15) is 0 Å². The average Bonchev–Trinajstić information content (AvgIpc) is 2.78. The number of nitrogens with two attached hydrogens (primary N) is 1. The maximum absolute atomic E-state index is 13.6. The quantitative estimate of drug-likeness (QED) is 0.417. The molecule has 0 radical (unpaired) electrons. The lowest BCUT2D eigenvalue weighted by Gasteiger charge is -2.34. The van der Waals surface area contributed by atoms with Crippen LogP contribution in [0.3, 0.4) is 0 Å². The van der Waals surface area contributed by atoms with E-state index in [4.69, 9.17) is 15.2 Å². The van der Waals surface area contributed by atoms with Crippen molar-refractivity contribution in [1.82, 2.24) is 10.2 Å². The molecule has 0 aliphatic rings. The molecule has 9 heteroatoms. The van der Waals surface area contributed by atoms with Crippen LogP contribution in [0.15, 0.2) is 30.3 Å². The van der Waals surface area contributed by atoms with Crippen LogP contribution in [0.1, 0.15) is 67.4 Å². The van der Waals surface area contributed by atoms with Crippen molar-refractivity contribution in [1.29, 1.82) is 0 Å². The Kier molecular flexibility index (Phi) is 12.2. The molecule has 202 valence electrons. The van der Waals surface area contributed by atoms with Crippen molar-refractivity contribution < 1.29 is 28.7 Å². The Morgan fingerprint density at radius 3 is 2.11 bits per heavy atom. The Morgan fingerprint density at radius 2 is 1.64 bits per heavy atom. The summed E-state index contributed by atoms with van der Waals surface area (Å²) in [6.45, 7) is 14.2. The molecular formula is C27H43N3O6. The molecule has 0 saturated heterocycles. The second kappa shape index (κ2) is 14.1. The number of carbonyl (C=O) groups excluding carboxylic acids is 4. The molecule has 0 spiro atoms. The average molecular weight is 506 g/mol. The molecular weight excluding hydrogens is 462 g/mol. The number of amides is 3. The molecule has 4 atom stereocenters. The minimum absolute atomic E-state index is 0.0288. The van der Waals surface area contributed by atoms with E-state index in [-0.39, 0.29) is 18.9 Å². The van der Waals surface area contributed by atoms with Crippen molar-refractivity contribution in [2.45, 2.75) is 98.2 Å². The van der Waals surface area contributed by atoms with Gasteiger partial charge < -0.3 is 25.3 Å². The molecule has 0 aromatic heterocycles. The molecule has 0 unspecified atom stereocenters. The third-order valence-corrected chi connectivity index (χ3v) is 5.42. The molecule has 1 aromatic rings. The van der Waals surface area contributed by atoms with Gasteiger partial charge in [0.05, 0.1) is 18.8 Å². The van der Waals surface area contributed by atoms with E-state index < -0.39 is 53.7 Å². The van der Waals surface area contributed by atoms with Gasteiger partial charge in [0.2, 0.25) is 5.91 Å². The molecule has 1 rings (SSSR count). The third-order valence-electron chi connectivity index (χ3n) is 5.42. The van der Waals surface area contributed by atoms with Crippen LogP contribution in [0.4, 0.5) is 4.79 Å². The first-order valence-electron chi connectivity index (χ1n) is 12.4. The zero-order valence-corrected chi connectivity index (χ0v) is 22.8. The van der Waals surface area contributed by atoms with Crippen LogP contribution in [0.25, 0.3) is 0 Å². The first-order valence-corrected chi connectivity index (χ1v) is 12.4. The van der Waals surface area contributed by atoms with Crippen molar-refractivity contribution >= 4 is 24.2 Å². The highest BCUT2D eigenvalue weighted by Crippen LogP contribution is 2.19. The highest BCUT2D eigenvalue weighted by atomic mass is 16.6. The van der Waals surface area contributed by atoms with Gasteiger partial charge in [-0.05, 0) is 51.5 Å². The predicted octanol–water partition coefficient (Wildman–Crippen LogP) is 3.44. The lowest BCUT2D eigenvalue weighted by atomic mass is 9.98. The van der Waals surface area contributed by atoms with Crippen LogP contribution in [0.5, 0.6) is 0 Å². The highest BCUT2D eigenvalue weighted by molar-refractivity contribution is 5.99. The van der Waals surface area contributed by atoms with E-state index in [0.717, 1.165) is 10.5 Å². The lowest BCUT2D eigenvalue weighted by molar-refractivity contribution is -0.141. The second-order valence-electron chi connectivity index (χ2n) is 10.8. The van der Waals surface area contributed by atoms with Gasteiger partial charge in [0.25, 0.3) is 5.91 Å². The minimum Gasteiger partial charge on any atom is -0.443 e. The van der Waals surface area contributed by atoms with Crippen molar-refractivity contribution in [2.75, 3.05) is 0 Å². The zero-order valence-electron chi connectivity index (χ0n) is 22.8. The van der Waals surface area contributed by atoms with E-state index in [1.807, 2.05) is 44.2 Å². The van der Waals surface area contributed by atoms with E-state index in [0.29, 0.717) is 6.29 Å². The van der Waals surface area contributed by atoms with Crippen LogP contribution >= 0.6 is 0 Å². The molecule has 0 aliphatic carbocycles. The number of benzene rings is 1. The van der Waals surface area contributed by atoms with Crippen molar-refractivity contribution in [3.8, 4) is 0 Å². The second-order valence-corrected chi connectivity index (χ2v) is 10.8. The number of hydrogen-bond donors (Lipinski definition) is 2. The summed E-state index contributed by atoms with van der Waals surface area (Å²) in [4.78, 5) is 52.4. The van der Waals surface area contributed by atoms with Crippen molar-refractivity contribution in [3.05, 3.63) is 35.9 Å². The fourth-order valence-corrected chi connectivity index (χ4v) is 3.44. The Labute approximate surface area is 215 Å². The molecule has 3 N–H and O–H groups in total. The van der Waals surface area contributed by atoms with Crippen LogP contribution in [0.2, 0.25) is 0 Å². The van der Waals surface area contributed by atoms with Crippen molar-refractivity contribution in [3.63, 3.8) is 0 Å². The number of aldehydes is 1. The smallest absolute Gasteiger partial charge is 0.417 e. The van der Waals surface area contributed by atoms with Crippen molar-refractivity contribution in [2.24, 2.45) is 17.6 Å². The highest BCUT2D eigenvalue weighted by Gasteiger charge is 2.40. The molecule has 0 heterocycles. The summed E-state index contributed by atoms with van der Waals surface area (Å²) in [5, 5.41) is 2.67. The number of nitrogens with zero attached hydrogens (tertiary/aromatic N) is 1. The summed E-state index contributed by atoms with van der Waals surface area (Å²) >= 11 is 0. The molecule has 0 fully saturated rings. The molecule has 3 amide bonds. The van der Waals surface area contributed by atoms with Gasteiger partial charge in [-0.15, -0.1) is 0 Å². The summed E-state index contributed by atoms with van der Waals surface area (Å²) in [5.74, 6) is -1.69. The Balaban J connectivity index is 3.07. The Hall–Kier alpha value is -2.78. The largest absolute Gasteiger partial charge is 0.443 e. The van der Waals surface area contributed by atoms with Crippen LogP contribution in [-0.2, 0) is 30.5 Å². The van der Waals surface area contributed by atoms with Gasteiger partial charge >= 0.3 is 6.09 Å². The molecule has 0 aliphatic heterocycles. The first kappa shape index (κ1) is 31.3.